The van der Waals surface area contributed by atoms with E-state index in [4.69, 9.17) is 0 Å². The topological polar surface area (TPSA) is 35.9 Å². The summed E-state index contributed by atoms with van der Waals surface area (Å²) in [6.45, 7) is 0.703. The van der Waals surface area contributed by atoms with Crippen molar-refractivity contribution >= 4 is 34.3 Å². The average Bonchev–Trinajstić information content (AvgIpc) is 2.62. The van der Waals surface area contributed by atoms with Crippen LogP contribution < -0.4 is 4.90 Å². The quantitative estimate of drug-likeness (QED) is 0.822. The lowest BCUT2D eigenvalue weighted by molar-refractivity contribution is 0.228. The molecule has 0 N–H and O–H groups in total. The van der Waals surface area contributed by atoms with E-state index in [2.05, 4.69) is 4.99 Å². The maximum atomic E-state index is 12.9. The highest BCUT2D eigenvalue weighted by Gasteiger charge is 2.26. The minimum absolute atomic E-state index is 0.0434. The van der Waals surface area contributed by atoms with Crippen molar-refractivity contribution in [2.75, 3.05) is 24.2 Å². The number of para-hydroxylation sites is 2. The molecule has 2 aromatic carbocycles. The van der Waals surface area contributed by atoms with Crippen LogP contribution >= 0.6 is 11.8 Å². The number of anilines is 1. The van der Waals surface area contributed by atoms with E-state index in [9.17, 15) is 4.79 Å². The summed E-state index contributed by atoms with van der Waals surface area (Å²) in [7, 11) is 1.80. The third-order valence-electron chi connectivity index (χ3n) is 3.63. The van der Waals surface area contributed by atoms with Gasteiger partial charge in [0.1, 0.15) is 0 Å². The highest BCUT2D eigenvalue weighted by Crippen LogP contribution is 2.24. The predicted octanol–water partition coefficient (Wildman–Crippen LogP) is 4.37. The number of amides is 2. The van der Waals surface area contributed by atoms with Gasteiger partial charge in [-0.15, -0.1) is 0 Å². The number of carbonyl (C=O) groups is 1. The number of aliphatic imine (C=N–C) groups is 1. The first-order valence-electron chi connectivity index (χ1n) is 7.62. The van der Waals surface area contributed by atoms with E-state index in [1.807, 2.05) is 60.7 Å². The second-order valence-corrected chi connectivity index (χ2v) is 6.32. The van der Waals surface area contributed by atoms with Crippen LogP contribution in [0.25, 0.3) is 0 Å². The van der Waals surface area contributed by atoms with Gasteiger partial charge in [0.25, 0.3) is 0 Å². The molecule has 1 saturated heterocycles. The lowest BCUT2D eigenvalue weighted by atomic mass is 10.3. The number of nitrogens with zero attached hydrogens (tertiary/aromatic N) is 3. The molecule has 2 amide bonds. The first-order valence-corrected chi connectivity index (χ1v) is 8.61. The van der Waals surface area contributed by atoms with Gasteiger partial charge in [-0.25, -0.2) is 9.79 Å². The maximum absolute atomic E-state index is 12.9. The summed E-state index contributed by atoms with van der Waals surface area (Å²) in [5.41, 5.74) is 1.75. The van der Waals surface area contributed by atoms with Crippen LogP contribution in [0, 0.1) is 0 Å². The average molecular weight is 325 g/mol. The predicted molar refractivity (Wildman–Crippen MR) is 97.6 cm³/mol. The molecule has 0 radical (unpaired) electrons. The zero-order chi connectivity index (χ0) is 16.1. The Morgan fingerprint density at radius 2 is 1.74 bits per heavy atom. The Kier molecular flexibility index (Phi) is 4.98. The molecule has 0 unspecified atom stereocenters. The van der Waals surface area contributed by atoms with Crippen LogP contribution in [0.15, 0.2) is 65.7 Å². The molecule has 0 aliphatic carbocycles. The zero-order valence-electron chi connectivity index (χ0n) is 13.1. The highest BCUT2D eigenvalue weighted by molar-refractivity contribution is 8.13. The van der Waals surface area contributed by atoms with Crippen molar-refractivity contribution in [2.24, 2.45) is 4.99 Å². The minimum Gasteiger partial charge on any atom is -0.297 e. The fourth-order valence-corrected chi connectivity index (χ4v) is 3.34. The number of amidine groups is 1. The molecule has 1 fully saturated rings. The van der Waals surface area contributed by atoms with Gasteiger partial charge in [-0.1, -0.05) is 48.2 Å². The summed E-state index contributed by atoms with van der Waals surface area (Å²) in [5, 5.41) is 0.773. The molecule has 2 aromatic rings. The smallest absolute Gasteiger partial charge is 0.297 e. The molecule has 0 aromatic heterocycles. The van der Waals surface area contributed by atoms with Crippen LogP contribution in [0.2, 0.25) is 0 Å². The highest BCUT2D eigenvalue weighted by atomic mass is 32.2. The van der Waals surface area contributed by atoms with Crippen molar-refractivity contribution in [2.45, 2.75) is 6.42 Å². The lowest BCUT2D eigenvalue weighted by Gasteiger charge is -2.31. The van der Waals surface area contributed by atoms with E-state index < -0.39 is 0 Å². The van der Waals surface area contributed by atoms with E-state index >= 15 is 0 Å². The Bertz CT molecular complexity index is 688. The van der Waals surface area contributed by atoms with Crippen LogP contribution in [-0.4, -0.2) is 35.4 Å². The summed E-state index contributed by atoms with van der Waals surface area (Å²) in [6.07, 6.45) is 0.979. The van der Waals surface area contributed by atoms with Gasteiger partial charge in [0, 0.05) is 25.0 Å². The maximum Gasteiger partial charge on any atom is 0.330 e. The third-order valence-corrected chi connectivity index (χ3v) is 4.69. The second-order valence-electron chi connectivity index (χ2n) is 5.26. The van der Waals surface area contributed by atoms with Crippen molar-refractivity contribution in [3.05, 3.63) is 60.7 Å². The minimum atomic E-state index is -0.0434. The van der Waals surface area contributed by atoms with Crippen LogP contribution in [0.4, 0.5) is 16.2 Å². The van der Waals surface area contributed by atoms with Crippen LogP contribution in [0.3, 0.4) is 0 Å². The summed E-state index contributed by atoms with van der Waals surface area (Å²) >= 11 is 1.64. The molecule has 3 rings (SSSR count). The molecule has 0 atom stereocenters. The molecule has 0 spiro atoms. The van der Waals surface area contributed by atoms with Crippen molar-refractivity contribution in [3.63, 3.8) is 0 Å². The summed E-state index contributed by atoms with van der Waals surface area (Å²) in [5.74, 6) is 0.991. The van der Waals surface area contributed by atoms with Crippen molar-refractivity contribution in [1.82, 2.24) is 4.90 Å². The molecular weight excluding hydrogens is 306 g/mol. The lowest BCUT2D eigenvalue weighted by Crippen LogP contribution is -2.46. The third kappa shape index (κ3) is 3.74. The summed E-state index contributed by atoms with van der Waals surface area (Å²) < 4.78 is 0. The Morgan fingerprint density at radius 3 is 2.43 bits per heavy atom. The van der Waals surface area contributed by atoms with Gasteiger partial charge in [-0.3, -0.25) is 9.80 Å². The molecule has 1 heterocycles. The Morgan fingerprint density at radius 1 is 1.09 bits per heavy atom. The van der Waals surface area contributed by atoms with E-state index in [1.165, 1.54) is 0 Å². The van der Waals surface area contributed by atoms with Gasteiger partial charge in [-0.05, 0) is 30.7 Å². The number of carbonyl (C=O) groups excluding carboxylic acids is 1. The fraction of sp³-hybridized carbons (Fsp3) is 0.222. The molecule has 1 aliphatic rings. The standard InChI is InChI=1S/C18H19N3OS/c1-20(16-11-6-3-7-12-16)18(22)21-13-8-14-23-17(21)19-15-9-4-2-5-10-15/h2-7,9-12H,8,13-14H2,1H3. The molecular formula is C18H19N3OS. The monoisotopic (exact) mass is 325 g/mol. The van der Waals surface area contributed by atoms with E-state index in [0.717, 1.165) is 28.7 Å². The van der Waals surface area contributed by atoms with Gasteiger partial charge >= 0.3 is 6.03 Å². The Balaban J connectivity index is 1.84. The molecule has 0 saturated carbocycles. The summed E-state index contributed by atoms with van der Waals surface area (Å²) in [4.78, 5) is 21.0. The van der Waals surface area contributed by atoms with Crippen molar-refractivity contribution in [3.8, 4) is 0 Å². The molecule has 0 bridgehead atoms. The van der Waals surface area contributed by atoms with E-state index in [0.29, 0.717) is 6.54 Å². The number of hydrogen-bond donors (Lipinski definition) is 0. The van der Waals surface area contributed by atoms with E-state index in [-0.39, 0.29) is 6.03 Å². The van der Waals surface area contributed by atoms with Gasteiger partial charge in [0.15, 0.2) is 5.17 Å². The second kappa shape index (κ2) is 7.33. The number of benzene rings is 2. The van der Waals surface area contributed by atoms with Gasteiger partial charge in [0.05, 0.1) is 5.69 Å². The zero-order valence-corrected chi connectivity index (χ0v) is 13.9. The Labute approximate surface area is 140 Å². The molecule has 118 valence electrons. The number of urea groups is 1. The van der Waals surface area contributed by atoms with Crippen LogP contribution in [0.5, 0.6) is 0 Å². The molecule has 1 aliphatic heterocycles. The van der Waals surface area contributed by atoms with Crippen molar-refractivity contribution < 1.29 is 4.79 Å². The molecule has 4 nitrogen and oxygen atoms in total. The first-order chi connectivity index (χ1) is 11.3. The SMILES string of the molecule is CN(C(=O)N1CCCSC1=Nc1ccccc1)c1ccccc1. The van der Waals surface area contributed by atoms with Crippen LogP contribution in [0.1, 0.15) is 6.42 Å². The van der Waals surface area contributed by atoms with Gasteiger partial charge < -0.3 is 0 Å². The van der Waals surface area contributed by atoms with Crippen LogP contribution in [-0.2, 0) is 0 Å². The van der Waals surface area contributed by atoms with E-state index in [1.54, 1.807) is 28.6 Å². The number of rotatable bonds is 2. The largest absolute Gasteiger partial charge is 0.330 e. The normalized spacial score (nSPS) is 16.4. The fourth-order valence-electron chi connectivity index (χ4n) is 2.39. The first kappa shape index (κ1) is 15.6. The molecule has 23 heavy (non-hydrogen) atoms. The Hall–Kier alpha value is -2.27. The van der Waals surface area contributed by atoms with Crippen molar-refractivity contribution in [1.29, 1.82) is 0 Å². The number of hydrogen-bond acceptors (Lipinski definition) is 3. The number of thioether (sulfide) groups is 1. The summed E-state index contributed by atoms with van der Waals surface area (Å²) in [6, 6.07) is 19.4. The van der Waals surface area contributed by atoms with Gasteiger partial charge in [-0.2, -0.15) is 0 Å². The van der Waals surface area contributed by atoms with Gasteiger partial charge in [0.2, 0.25) is 0 Å². The molecule has 5 heteroatoms.